The molecule has 4 rings (SSSR count). The molecule has 6 nitrogen and oxygen atoms in total. The molecule has 0 saturated carbocycles. The van der Waals surface area contributed by atoms with E-state index in [2.05, 4.69) is 19.2 Å². The molecule has 2 heterocycles. The zero-order valence-electron chi connectivity index (χ0n) is 17.4. The second-order valence-electron chi connectivity index (χ2n) is 8.17. The minimum Gasteiger partial charge on any atom is -0.336 e. The van der Waals surface area contributed by atoms with E-state index >= 15 is 0 Å². The molecule has 0 radical (unpaired) electrons. The number of benzene rings is 2. The monoisotopic (exact) mass is 405 g/mol. The molecule has 2 aromatic rings. The van der Waals surface area contributed by atoms with Crippen LogP contribution in [0.4, 0.5) is 4.79 Å². The Balaban J connectivity index is 1.59. The summed E-state index contributed by atoms with van der Waals surface area (Å²) in [6.45, 7) is 4.30. The van der Waals surface area contributed by atoms with Crippen LogP contribution in [0.15, 0.2) is 54.6 Å². The van der Waals surface area contributed by atoms with Gasteiger partial charge < -0.3 is 10.2 Å². The molecular weight excluding hydrogens is 378 g/mol. The van der Waals surface area contributed by atoms with Gasteiger partial charge in [-0.1, -0.05) is 42.5 Å². The fourth-order valence-corrected chi connectivity index (χ4v) is 4.62. The summed E-state index contributed by atoms with van der Waals surface area (Å²) in [5, 5.41) is 3.00. The van der Waals surface area contributed by atoms with Crippen LogP contribution in [0, 0.1) is 0 Å². The van der Waals surface area contributed by atoms with Crippen LogP contribution >= 0.6 is 0 Å². The number of rotatable bonds is 4. The molecule has 2 aliphatic heterocycles. The van der Waals surface area contributed by atoms with Crippen molar-refractivity contribution in [3.05, 3.63) is 71.3 Å². The minimum atomic E-state index is -0.571. The number of hydrogen-bond acceptors (Lipinski definition) is 3. The van der Waals surface area contributed by atoms with Crippen molar-refractivity contribution in [3.63, 3.8) is 0 Å². The smallest absolute Gasteiger partial charge is 0.317 e. The average molecular weight is 405 g/mol. The van der Waals surface area contributed by atoms with E-state index in [4.69, 9.17) is 0 Å². The van der Waals surface area contributed by atoms with Crippen LogP contribution in [0.1, 0.15) is 65.4 Å². The molecule has 2 aromatic carbocycles. The fourth-order valence-electron chi connectivity index (χ4n) is 4.62. The molecule has 0 spiro atoms. The Hall–Kier alpha value is -3.15. The van der Waals surface area contributed by atoms with Gasteiger partial charge in [0.05, 0.1) is 17.2 Å². The molecule has 30 heavy (non-hydrogen) atoms. The average Bonchev–Trinajstić information content (AvgIpc) is 3.00. The zero-order valence-corrected chi connectivity index (χ0v) is 17.4. The number of nitrogens with zero attached hydrogens (tertiary/aromatic N) is 2. The van der Waals surface area contributed by atoms with E-state index in [-0.39, 0.29) is 36.5 Å². The lowest BCUT2D eigenvalue weighted by Gasteiger charge is -2.39. The Labute approximate surface area is 176 Å². The van der Waals surface area contributed by atoms with Crippen molar-refractivity contribution in [1.29, 1.82) is 0 Å². The van der Waals surface area contributed by atoms with Gasteiger partial charge in [0, 0.05) is 18.6 Å². The fraction of sp³-hybridized carbons (Fsp3) is 0.375. The van der Waals surface area contributed by atoms with Gasteiger partial charge in [0.25, 0.3) is 11.8 Å². The molecule has 3 unspecified atom stereocenters. The maximum atomic E-state index is 13.1. The Kier molecular flexibility index (Phi) is 5.57. The van der Waals surface area contributed by atoms with Crippen molar-refractivity contribution in [3.8, 4) is 0 Å². The Bertz CT molecular complexity index is 914. The van der Waals surface area contributed by atoms with Gasteiger partial charge in [-0.2, -0.15) is 0 Å². The molecule has 2 aliphatic rings. The molecular formula is C24H27N3O3. The maximum absolute atomic E-state index is 13.1. The van der Waals surface area contributed by atoms with Crippen LogP contribution in [-0.2, 0) is 0 Å². The van der Waals surface area contributed by atoms with Gasteiger partial charge in [0.2, 0.25) is 0 Å². The predicted octanol–water partition coefficient (Wildman–Crippen LogP) is 4.00. The normalized spacial score (nSPS) is 22.1. The van der Waals surface area contributed by atoms with Gasteiger partial charge in [-0.25, -0.2) is 4.79 Å². The first kappa shape index (κ1) is 20.1. The van der Waals surface area contributed by atoms with Crippen LogP contribution in [0.2, 0.25) is 0 Å². The number of carbonyl (C=O) groups excluding carboxylic acids is 3. The number of carbonyl (C=O) groups is 3. The van der Waals surface area contributed by atoms with Gasteiger partial charge in [-0.15, -0.1) is 0 Å². The molecule has 1 fully saturated rings. The third-order valence-electron chi connectivity index (χ3n) is 6.20. The van der Waals surface area contributed by atoms with Crippen molar-refractivity contribution >= 4 is 17.8 Å². The first-order valence-corrected chi connectivity index (χ1v) is 10.6. The number of urea groups is 1. The summed E-state index contributed by atoms with van der Waals surface area (Å²) in [6.07, 6.45) is 3.09. The minimum absolute atomic E-state index is 0.146. The molecule has 3 atom stereocenters. The summed E-state index contributed by atoms with van der Waals surface area (Å²) in [4.78, 5) is 42.3. The number of hydrogen-bond donors (Lipinski definition) is 1. The van der Waals surface area contributed by atoms with E-state index in [1.54, 1.807) is 24.3 Å². The second kappa shape index (κ2) is 8.30. The second-order valence-corrected chi connectivity index (χ2v) is 8.17. The summed E-state index contributed by atoms with van der Waals surface area (Å²) in [5.74, 6) is -0.642. The number of nitrogens with one attached hydrogen (secondary N) is 1. The van der Waals surface area contributed by atoms with E-state index < -0.39 is 6.04 Å². The van der Waals surface area contributed by atoms with Gasteiger partial charge in [-0.05, 0) is 50.8 Å². The number of amides is 4. The van der Waals surface area contributed by atoms with Crippen LogP contribution in [0.25, 0.3) is 0 Å². The zero-order chi connectivity index (χ0) is 21.3. The molecule has 0 aromatic heterocycles. The van der Waals surface area contributed by atoms with Crippen molar-refractivity contribution in [2.24, 2.45) is 0 Å². The van der Waals surface area contributed by atoms with Gasteiger partial charge in [-0.3, -0.25) is 14.5 Å². The number of likely N-dealkylation sites (tertiary alicyclic amines) is 1. The van der Waals surface area contributed by atoms with E-state index in [9.17, 15) is 14.4 Å². The lowest BCUT2D eigenvalue weighted by Crippen LogP contribution is -2.53. The van der Waals surface area contributed by atoms with Crippen LogP contribution < -0.4 is 5.32 Å². The van der Waals surface area contributed by atoms with E-state index in [0.717, 1.165) is 24.8 Å². The number of piperidine rings is 1. The van der Waals surface area contributed by atoms with Gasteiger partial charge >= 0.3 is 6.03 Å². The first-order valence-electron chi connectivity index (χ1n) is 10.6. The Morgan fingerprint density at radius 2 is 1.47 bits per heavy atom. The molecule has 4 amide bonds. The summed E-state index contributed by atoms with van der Waals surface area (Å²) >= 11 is 0. The Morgan fingerprint density at radius 1 is 0.933 bits per heavy atom. The molecule has 1 saturated heterocycles. The highest BCUT2D eigenvalue weighted by molar-refractivity contribution is 6.21. The van der Waals surface area contributed by atoms with E-state index in [1.807, 2.05) is 35.2 Å². The topological polar surface area (TPSA) is 69.7 Å². The molecule has 0 aliphatic carbocycles. The quantitative estimate of drug-likeness (QED) is 0.782. The summed E-state index contributed by atoms with van der Waals surface area (Å²) in [6, 6.07) is 15.9. The SMILES string of the molecule is CC1CCCC(C)N1C(=O)NCC(c1ccccc1)N1C(=O)c2ccccc2C1=O. The molecule has 0 bridgehead atoms. The lowest BCUT2D eigenvalue weighted by atomic mass is 9.98. The molecule has 1 N–H and O–H groups in total. The third-order valence-corrected chi connectivity index (χ3v) is 6.20. The largest absolute Gasteiger partial charge is 0.336 e. The standard InChI is InChI=1S/C24H27N3O3/c1-16-9-8-10-17(2)26(16)24(30)25-15-21(18-11-4-3-5-12-18)27-22(28)19-13-6-7-14-20(19)23(27)29/h3-7,11-14,16-17,21H,8-10,15H2,1-2H3,(H,25,30). The van der Waals surface area contributed by atoms with Crippen LogP contribution in [0.5, 0.6) is 0 Å². The predicted molar refractivity (Wildman–Crippen MR) is 114 cm³/mol. The molecule has 6 heteroatoms. The highest BCUT2D eigenvalue weighted by atomic mass is 16.2. The number of imide groups is 1. The van der Waals surface area contributed by atoms with Crippen molar-refractivity contribution in [1.82, 2.24) is 15.1 Å². The highest BCUT2D eigenvalue weighted by Crippen LogP contribution is 2.31. The summed E-state index contributed by atoms with van der Waals surface area (Å²) in [5.41, 5.74) is 1.63. The van der Waals surface area contributed by atoms with Gasteiger partial charge in [0.1, 0.15) is 0 Å². The first-order chi connectivity index (χ1) is 14.5. The molecule has 156 valence electrons. The third kappa shape index (κ3) is 3.58. The summed E-state index contributed by atoms with van der Waals surface area (Å²) < 4.78 is 0. The maximum Gasteiger partial charge on any atom is 0.317 e. The van der Waals surface area contributed by atoms with E-state index in [0.29, 0.717) is 11.1 Å². The highest BCUT2D eigenvalue weighted by Gasteiger charge is 2.40. The Morgan fingerprint density at radius 3 is 2.03 bits per heavy atom. The van der Waals surface area contributed by atoms with E-state index in [1.165, 1.54) is 4.90 Å². The lowest BCUT2D eigenvalue weighted by molar-refractivity contribution is 0.0576. The van der Waals surface area contributed by atoms with Crippen LogP contribution in [-0.4, -0.2) is 46.3 Å². The van der Waals surface area contributed by atoms with Crippen LogP contribution in [0.3, 0.4) is 0 Å². The number of fused-ring (bicyclic) bond motifs is 1. The van der Waals surface area contributed by atoms with Crippen molar-refractivity contribution in [2.75, 3.05) is 6.54 Å². The van der Waals surface area contributed by atoms with Gasteiger partial charge in [0.15, 0.2) is 0 Å². The van der Waals surface area contributed by atoms with Crippen molar-refractivity contribution < 1.29 is 14.4 Å². The summed E-state index contributed by atoms with van der Waals surface area (Å²) in [7, 11) is 0. The van der Waals surface area contributed by atoms with Crippen molar-refractivity contribution in [2.45, 2.75) is 51.2 Å².